The first-order valence-electron chi connectivity index (χ1n) is 13.7. The zero-order valence-corrected chi connectivity index (χ0v) is 23.8. The highest BCUT2D eigenvalue weighted by atomic mass is 35.5. The van der Waals surface area contributed by atoms with Crippen LogP contribution in [0.2, 0.25) is 5.02 Å². The van der Waals surface area contributed by atoms with E-state index < -0.39 is 17.9 Å². The third-order valence-electron chi connectivity index (χ3n) is 6.51. The van der Waals surface area contributed by atoms with Gasteiger partial charge in [-0.05, 0) is 71.1 Å². The van der Waals surface area contributed by atoms with Crippen molar-refractivity contribution >= 4 is 40.2 Å². The van der Waals surface area contributed by atoms with Crippen molar-refractivity contribution in [2.24, 2.45) is 0 Å². The molecule has 4 aromatic carbocycles. The number of hydrogen-bond donors (Lipinski definition) is 3. The zero-order chi connectivity index (χ0) is 29.7. The standard InChI is InChI=1S/C33H33ClN2O6/c34-27-8-3-5-23(19-27)16-17-35-33(40)30(20-24-10-13-28(14-11-24)41-18-4-9-32(38)39)36-31(37)22-42-29-15-12-25-6-1-2-7-26(25)21-29/h1-3,5-8,10-15,19,21,30H,4,9,16-18,20,22H2,(H,35,40)(H,36,37)(H,38,39)/t30-/m0/s1. The number of carbonyl (C=O) groups is 3. The normalized spacial score (nSPS) is 11.5. The van der Waals surface area contributed by atoms with Gasteiger partial charge in [0.05, 0.1) is 6.61 Å². The predicted molar refractivity (Wildman–Crippen MR) is 162 cm³/mol. The van der Waals surface area contributed by atoms with Gasteiger partial charge in [-0.25, -0.2) is 0 Å². The molecular formula is C33H33ClN2O6. The first kappa shape index (κ1) is 30.4. The van der Waals surface area contributed by atoms with Gasteiger partial charge in [0.25, 0.3) is 5.91 Å². The van der Waals surface area contributed by atoms with Crippen molar-refractivity contribution in [2.45, 2.75) is 31.7 Å². The van der Waals surface area contributed by atoms with E-state index >= 15 is 0 Å². The van der Waals surface area contributed by atoms with E-state index in [1.165, 1.54) is 0 Å². The van der Waals surface area contributed by atoms with E-state index in [1.807, 2.05) is 66.7 Å². The number of aliphatic carboxylic acids is 1. The van der Waals surface area contributed by atoms with E-state index in [1.54, 1.807) is 24.3 Å². The van der Waals surface area contributed by atoms with Crippen LogP contribution >= 0.6 is 11.6 Å². The molecule has 0 bridgehead atoms. The minimum atomic E-state index is -0.865. The number of fused-ring (bicyclic) bond motifs is 1. The van der Waals surface area contributed by atoms with Gasteiger partial charge >= 0.3 is 5.97 Å². The highest BCUT2D eigenvalue weighted by Gasteiger charge is 2.21. The highest BCUT2D eigenvalue weighted by molar-refractivity contribution is 6.30. The van der Waals surface area contributed by atoms with Crippen LogP contribution in [0, 0.1) is 0 Å². The lowest BCUT2D eigenvalue weighted by atomic mass is 10.0. The maximum atomic E-state index is 13.2. The number of halogens is 1. The monoisotopic (exact) mass is 588 g/mol. The van der Waals surface area contributed by atoms with Gasteiger partial charge in [-0.1, -0.05) is 66.2 Å². The van der Waals surface area contributed by atoms with Crippen molar-refractivity contribution in [1.29, 1.82) is 0 Å². The number of carboxylic acid groups (broad SMARTS) is 1. The number of carboxylic acids is 1. The van der Waals surface area contributed by atoms with Crippen molar-refractivity contribution < 1.29 is 29.0 Å². The number of hydrogen-bond acceptors (Lipinski definition) is 5. The van der Waals surface area contributed by atoms with E-state index in [0.717, 1.165) is 21.9 Å². The fourth-order valence-corrected chi connectivity index (χ4v) is 4.58. The van der Waals surface area contributed by atoms with Crippen molar-refractivity contribution in [1.82, 2.24) is 10.6 Å². The van der Waals surface area contributed by atoms with Crippen molar-refractivity contribution in [2.75, 3.05) is 19.8 Å². The Morgan fingerprint density at radius 2 is 1.57 bits per heavy atom. The van der Waals surface area contributed by atoms with E-state index in [2.05, 4.69) is 10.6 Å². The molecule has 0 radical (unpaired) electrons. The Bertz CT molecular complexity index is 1510. The molecule has 218 valence electrons. The first-order valence-corrected chi connectivity index (χ1v) is 14.1. The topological polar surface area (TPSA) is 114 Å². The van der Waals surface area contributed by atoms with Gasteiger partial charge in [0.1, 0.15) is 17.5 Å². The molecule has 0 aliphatic heterocycles. The average Bonchev–Trinajstić information content (AvgIpc) is 2.98. The van der Waals surface area contributed by atoms with Crippen LogP contribution in [0.3, 0.4) is 0 Å². The molecule has 0 aromatic heterocycles. The van der Waals surface area contributed by atoms with Crippen LogP contribution in [0.1, 0.15) is 24.0 Å². The molecule has 0 saturated heterocycles. The van der Waals surface area contributed by atoms with E-state index in [0.29, 0.717) is 35.9 Å². The van der Waals surface area contributed by atoms with Crippen LogP contribution in [0.15, 0.2) is 91.0 Å². The molecule has 0 spiro atoms. The number of amides is 2. The van der Waals surface area contributed by atoms with Gasteiger partial charge in [0.2, 0.25) is 5.91 Å². The van der Waals surface area contributed by atoms with Crippen LogP contribution in [-0.4, -0.2) is 48.7 Å². The molecular weight excluding hydrogens is 556 g/mol. The summed E-state index contributed by atoms with van der Waals surface area (Å²) < 4.78 is 11.3. The average molecular weight is 589 g/mol. The Kier molecular flexibility index (Phi) is 11.2. The lowest BCUT2D eigenvalue weighted by Crippen LogP contribution is -2.49. The van der Waals surface area contributed by atoms with Crippen LogP contribution in [0.25, 0.3) is 10.8 Å². The minimum absolute atomic E-state index is 0.0382. The van der Waals surface area contributed by atoms with Crippen LogP contribution in [-0.2, 0) is 27.2 Å². The van der Waals surface area contributed by atoms with Gasteiger partial charge < -0.3 is 25.2 Å². The van der Waals surface area contributed by atoms with E-state index in [-0.39, 0.29) is 32.0 Å². The van der Waals surface area contributed by atoms with Gasteiger partial charge in [-0.2, -0.15) is 0 Å². The molecule has 0 aliphatic rings. The Labute approximate surface area is 249 Å². The van der Waals surface area contributed by atoms with Crippen molar-refractivity contribution in [3.8, 4) is 11.5 Å². The second kappa shape index (κ2) is 15.4. The molecule has 3 N–H and O–H groups in total. The molecule has 9 heteroatoms. The minimum Gasteiger partial charge on any atom is -0.494 e. The predicted octanol–water partition coefficient (Wildman–Crippen LogP) is 5.20. The maximum absolute atomic E-state index is 13.2. The molecule has 4 aromatic rings. The molecule has 0 heterocycles. The highest BCUT2D eigenvalue weighted by Crippen LogP contribution is 2.20. The second-order valence-corrected chi connectivity index (χ2v) is 10.2. The smallest absolute Gasteiger partial charge is 0.303 e. The Morgan fingerprint density at radius 3 is 2.33 bits per heavy atom. The third kappa shape index (κ3) is 9.82. The molecule has 0 fully saturated rings. The summed E-state index contributed by atoms with van der Waals surface area (Å²) in [4.78, 5) is 36.7. The summed E-state index contributed by atoms with van der Waals surface area (Å²) in [5.41, 5.74) is 1.81. The van der Waals surface area contributed by atoms with Gasteiger partial charge in [0.15, 0.2) is 6.61 Å². The third-order valence-corrected chi connectivity index (χ3v) is 6.75. The van der Waals surface area contributed by atoms with Crippen molar-refractivity contribution in [3.63, 3.8) is 0 Å². The number of ether oxygens (including phenoxy) is 2. The molecule has 8 nitrogen and oxygen atoms in total. The molecule has 4 rings (SSSR count). The SMILES string of the molecule is O=C(O)CCCOc1ccc(C[C@H](NC(=O)COc2ccc3ccccc3c2)C(=O)NCCc2cccc(Cl)c2)cc1. The molecule has 0 unspecified atom stereocenters. The molecule has 0 aliphatic carbocycles. The summed E-state index contributed by atoms with van der Waals surface area (Å²) in [6.45, 7) is 0.423. The van der Waals surface area contributed by atoms with Crippen LogP contribution in [0.4, 0.5) is 0 Å². The summed E-state index contributed by atoms with van der Waals surface area (Å²) >= 11 is 6.07. The van der Waals surface area contributed by atoms with E-state index in [4.69, 9.17) is 26.2 Å². The summed E-state index contributed by atoms with van der Waals surface area (Å²) in [6, 6.07) is 27.2. The fraction of sp³-hybridized carbons (Fsp3) is 0.242. The molecule has 0 saturated carbocycles. The van der Waals surface area contributed by atoms with E-state index in [9.17, 15) is 14.4 Å². The Hall–Kier alpha value is -4.56. The summed E-state index contributed by atoms with van der Waals surface area (Å²) in [7, 11) is 0. The molecule has 2 amide bonds. The zero-order valence-electron chi connectivity index (χ0n) is 23.1. The Balaban J connectivity index is 1.36. The number of carbonyl (C=O) groups excluding carboxylic acids is 2. The lowest BCUT2D eigenvalue weighted by molar-refractivity contribution is -0.137. The van der Waals surface area contributed by atoms with Crippen LogP contribution < -0.4 is 20.1 Å². The maximum Gasteiger partial charge on any atom is 0.303 e. The molecule has 42 heavy (non-hydrogen) atoms. The summed E-state index contributed by atoms with van der Waals surface area (Å²) in [6.07, 6.45) is 1.29. The summed E-state index contributed by atoms with van der Waals surface area (Å²) in [5, 5.41) is 17.2. The lowest BCUT2D eigenvalue weighted by Gasteiger charge is -2.19. The van der Waals surface area contributed by atoms with Crippen molar-refractivity contribution in [3.05, 3.63) is 107 Å². The van der Waals surface area contributed by atoms with Gasteiger partial charge in [-0.3, -0.25) is 14.4 Å². The quantitative estimate of drug-likeness (QED) is 0.164. The largest absolute Gasteiger partial charge is 0.494 e. The fourth-order valence-electron chi connectivity index (χ4n) is 4.37. The number of rotatable bonds is 15. The Morgan fingerprint density at radius 1 is 0.810 bits per heavy atom. The van der Waals surface area contributed by atoms with Gasteiger partial charge in [0, 0.05) is 24.4 Å². The summed E-state index contributed by atoms with van der Waals surface area (Å²) in [5.74, 6) is -0.443. The molecule has 1 atom stereocenters. The van der Waals surface area contributed by atoms with Crippen LogP contribution in [0.5, 0.6) is 11.5 Å². The number of nitrogens with one attached hydrogen (secondary N) is 2. The number of benzene rings is 4. The first-order chi connectivity index (χ1) is 20.4. The second-order valence-electron chi connectivity index (χ2n) is 9.78. The van der Waals surface area contributed by atoms with Gasteiger partial charge in [-0.15, -0.1) is 0 Å².